The van der Waals surface area contributed by atoms with Crippen molar-refractivity contribution in [3.05, 3.63) is 18.2 Å². The van der Waals surface area contributed by atoms with Gasteiger partial charge in [0.15, 0.2) is 9.84 Å². The van der Waals surface area contributed by atoms with E-state index in [1.165, 1.54) is 12.1 Å². The van der Waals surface area contributed by atoms with E-state index in [4.69, 9.17) is 22.3 Å². The number of nitrogen functional groups attached to an aromatic ring is 1. The van der Waals surface area contributed by atoms with E-state index >= 15 is 0 Å². The topological polar surface area (TPSA) is 132 Å². The number of hydrogen-bond acceptors (Lipinski definition) is 6. The Morgan fingerprint density at radius 2 is 1.76 bits per heavy atom. The molecule has 0 aromatic heterocycles. The maximum absolute atomic E-state index is 11.3. The van der Waals surface area contributed by atoms with Crippen molar-refractivity contribution in [3.8, 4) is 5.75 Å². The summed E-state index contributed by atoms with van der Waals surface area (Å²) in [7, 11) is -3.25. The Morgan fingerprint density at radius 3 is 2.12 bits per heavy atom. The summed E-state index contributed by atoms with van der Waals surface area (Å²) >= 11 is 0. The molecule has 1 aromatic carbocycles. The molecule has 0 fully saturated rings. The Labute approximate surface area is 101 Å². The molecule has 0 aliphatic heterocycles. The average Bonchev–Trinajstić information content (AvgIpc) is 2.32. The van der Waals surface area contributed by atoms with E-state index in [9.17, 15) is 8.42 Å². The monoisotopic (exact) mass is 261 g/mol. The van der Waals surface area contributed by atoms with E-state index in [0.717, 1.165) is 6.07 Å². The third-order valence-electron chi connectivity index (χ3n) is 1.91. The van der Waals surface area contributed by atoms with Gasteiger partial charge in [-0.15, -0.1) is 0 Å². The number of phenols is 1. The van der Waals surface area contributed by atoms with Crippen molar-refractivity contribution in [2.45, 2.75) is 11.8 Å². The smallest absolute Gasteiger partial charge is 0.178 e. The molecule has 0 spiro atoms. The van der Waals surface area contributed by atoms with Crippen LogP contribution in [0.5, 0.6) is 5.75 Å². The van der Waals surface area contributed by atoms with Gasteiger partial charge in [0.2, 0.25) is 0 Å². The van der Waals surface area contributed by atoms with E-state index in [0.29, 0.717) is 13.1 Å². The molecule has 6 nitrogen and oxygen atoms in total. The van der Waals surface area contributed by atoms with Crippen LogP contribution in [0.2, 0.25) is 0 Å². The Bertz CT molecular complexity index is 444. The highest BCUT2D eigenvalue weighted by Gasteiger charge is 2.12. The molecule has 0 saturated carbocycles. The highest BCUT2D eigenvalue weighted by Crippen LogP contribution is 2.23. The first-order chi connectivity index (χ1) is 7.88. The Kier molecular flexibility index (Phi) is 6.55. The van der Waals surface area contributed by atoms with Crippen LogP contribution < -0.4 is 17.2 Å². The predicted molar refractivity (Wildman–Crippen MR) is 68.4 cm³/mol. The summed E-state index contributed by atoms with van der Waals surface area (Å²) in [4.78, 5) is 0.0988. The van der Waals surface area contributed by atoms with Gasteiger partial charge in [-0.1, -0.05) is 6.92 Å². The summed E-state index contributed by atoms with van der Waals surface area (Å²) in [5, 5.41) is 9.17. The van der Waals surface area contributed by atoms with Crippen LogP contribution >= 0.6 is 0 Å². The molecule has 0 amide bonds. The summed E-state index contributed by atoms with van der Waals surface area (Å²) in [6.07, 6.45) is 0. The number of sulfone groups is 1. The summed E-state index contributed by atoms with van der Waals surface area (Å²) in [6, 6.07) is 3.92. The predicted octanol–water partition coefficient (Wildman–Crippen LogP) is -0.328. The number of aromatic hydroxyl groups is 1. The highest BCUT2D eigenvalue weighted by molar-refractivity contribution is 7.91. The maximum atomic E-state index is 11.3. The first-order valence-corrected chi connectivity index (χ1v) is 6.75. The fourth-order valence-corrected chi connectivity index (χ4v) is 1.78. The van der Waals surface area contributed by atoms with Crippen molar-refractivity contribution in [1.29, 1.82) is 0 Å². The number of phenolic OH excluding ortho intramolecular Hbond substituents is 1. The number of anilines is 1. The van der Waals surface area contributed by atoms with Crippen LogP contribution in [0, 0.1) is 0 Å². The van der Waals surface area contributed by atoms with Gasteiger partial charge >= 0.3 is 0 Å². The molecule has 7 N–H and O–H groups in total. The molecule has 0 atom stereocenters. The molecule has 0 radical (unpaired) electrons. The highest BCUT2D eigenvalue weighted by atomic mass is 32.2. The second-order valence-corrected chi connectivity index (χ2v) is 5.48. The second-order valence-electron chi connectivity index (χ2n) is 3.20. The zero-order chi connectivity index (χ0) is 13.5. The van der Waals surface area contributed by atoms with E-state index < -0.39 is 9.84 Å². The minimum Gasteiger partial charge on any atom is -0.506 e. The molecule has 0 saturated heterocycles. The van der Waals surface area contributed by atoms with E-state index in [1.54, 1.807) is 6.92 Å². The van der Waals surface area contributed by atoms with Crippen molar-refractivity contribution < 1.29 is 13.5 Å². The lowest BCUT2D eigenvalue weighted by Gasteiger charge is -2.03. The van der Waals surface area contributed by atoms with Gasteiger partial charge in [0.05, 0.1) is 16.3 Å². The molecule has 7 heteroatoms. The third kappa shape index (κ3) is 5.03. The molecule has 0 heterocycles. The quantitative estimate of drug-likeness (QED) is 0.435. The van der Waals surface area contributed by atoms with Crippen molar-refractivity contribution in [3.63, 3.8) is 0 Å². The van der Waals surface area contributed by atoms with Gasteiger partial charge < -0.3 is 22.3 Å². The molecule has 0 bridgehead atoms. The van der Waals surface area contributed by atoms with Gasteiger partial charge in [-0.2, -0.15) is 0 Å². The summed E-state index contributed by atoms with van der Waals surface area (Å²) < 4.78 is 22.6. The molecule has 17 heavy (non-hydrogen) atoms. The van der Waals surface area contributed by atoms with Crippen LogP contribution in [0.1, 0.15) is 6.92 Å². The van der Waals surface area contributed by atoms with Gasteiger partial charge in [-0.3, -0.25) is 0 Å². The van der Waals surface area contributed by atoms with Crippen LogP contribution in [0.3, 0.4) is 0 Å². The Balaban J connectivity index is 0.000000557. The van der Waals surface area contributed by atoms with Crippen molar-refractivity contribution in [2.75, 3.05) is 24.6 Å². The molecular formula is C10H19N3O3S. The normalized spacial score (nSPS) is 10.5. The fourth-order valence-electron chi connectivity index (χ4n) is 0.884. The molecule has 1 aromatic rings. The van der Waals surface area contributed by atoms with Gasteiger partial charge in [-0.05, 0) is 12.1 Å². The van der Waals surface area contributed by atoms with Crippen LogP contribution in [-0.2, 0) is 9.84 Å². The number of benzene rings is 1. The molecule has 0 aliphatic rings. The van der Waals surface area contributed by atoms with Gasteiger partial charge in [0, 0.05) is 19.2 Å². The number of rotatable bonds is 3. The average molecular weight is 261 g/mol. The van der Waals surface area contributed by atoms with Crippen LogP contribution in [0.15, 0.2) is 23.1 Å². The summed E-state index contributed by atoms with van der Waals surface area (Å²) in [6.45, 7) is 2.74. The minimum absolute atomic E-state index is 0.0103. The Hall–Kier alpha value is -1.31. The summed E-state index contributed by atoms with van der Waals surface area (Å²) in [5.74, 6) is -0.189. The number of hydrogen-bond donors (Lipinski definition) is 4. The zero-order valence-electron chi connectivity index (χ0n) is 9.76. The third-order valence-corrected chi connectivity index (χ3v) is 3.64. The fraction of sp³-hybridized carbons (Fsp3) is 0.400. The van der Waals surface area contributed by atoms with Gasteiger partial charge in [0.1, 0.15) is 5.75 Å². The number of nitrogens with two attached hydrogens (primary N) is 3. The maximum Gasteiger partial charge on any atom is 0.178 e. The van der Waals surface area contributed by atoms with E-state index in [-0.39, 0.29) is 22.1 Å². The molecule has 98 valence electrons. The van der Waals surface area contributed by atoms with Crippen LogP contribution in [-0.4, -0.2) is 32.4 Å². The summed E-state index contributed by atoms with van der Waals surface area (Å²) in [5.41, 5.74) is 15.3. The minimum atomic E-state index is -3.25. The lowest BCUT2D eigenvalue weighted by Crippen LogP contribution is -2.11. The van der Waals surface area contributed by atoms with Crippen LogP contribution in [0.25, 0.3) is 0 Å². The zero-order valence-corrected chi connectivity index (χ0v) is 10.6. The lowest BCUT2D eigenvalue weighted by atomic mass is 10.3. The molecule has 0 unspecified atom stereocenters. The Morgan fingerprint density at radius 1 is 1.24 bits per heavy atom. The largest absolute Gasteiger partial charge is 0.506 e. The molecule has 1 rings (SSSR count). The van der Waals surface area contributed by atoms with Crippen molar-refractivity contribution in [2.24, 2.45) is 11.5 Å². The first-order valence-electron chi connectivity index (χ1n) is 5.10. The van der Waals surface area contributed by atoms with Gasteiger partial charge in [-0.25, -0.2) is 8.42 Å². The van der Waals surface area contributed by atoms with Crippen molar-refractivity contribution >= 4 is 15.5 Å². The lowest BCUT2D eigenvalue weighted by molar-refractivity contribution is 0.476. The SMILES string of the molecule is CCS(=O)(=O)c1ccc(N)c(O)c1.NCCN. The van der Waals surface area contributed by atoms with E-state index in [2.05, 4.69) is 0 Å². The van der Waals surface area contributed by atoms with E-state index in [1.807, 2.05) is 0 Å². The van der Waals surface area contributed by atoms with Gasteiger partial charge in [0.25, 0.3) is 0 Å². The first kappa shape index (κ1) is 15.7. The standard InChI is InChI=1S/C8H11NO3S.C2H8N2/c1-2-13(11,12)6-3-4-7(9)8(10)5-6;3-1-2-4/h3-5,10H,2,9H2,1H3;1-4H2. The second kappa shape index (κ2) is 7.10. The van der Waals surface area contributed by atoms with Crippen LogP contribution in [0.4, 0.5) is 5.69 Å². The molecule has 0 aliphatic carbocycles. The van der Waals surface area contributed by atoms with Crippen molar-refractivity contribution in [1.82, 2.24) is 0 Å². The molecular weight excluding hydrogens is 242 g/mol.